The highest BCUT2D eigenvalue weighted by Gasteiger charge is 2.37. The first-order valence-electron chi connectivity index (χ1n) is 5.89. The van der Waals surface area contributed by atoms with Gasteiger partial charge in [0.05, 0.1) is 11.3 Å². The van der Waals surface area contributed by atoms with Crippen molar-refractivity contribution in [3.05, 3.63) is 28.8 Å². The lowest BCUT2D eigenvalue weighted by atomic mass is 10.0. The lowest BCUT2D eigenvalue weighted by molar-refractivity contribution is -0.114. The smallest absolute Gasteiger partial charge is 0.299 e. The van der Waals surface area contributed by atoms with E-state index in [9.17, 15) is 9.59 Å². The lowest BCUT2D eigenvalue weighted by Crippen LogP contribution is -2.32. The van der Waals surface area contributed by atoms with Gasteiger partial charge in [-0.15, -0.1) is 0 Å². The summed E-state index contributed by atoms with van der Waals surface area (Å²) in [7, 11) is 0. The molecule has 1 amide bonds. The number of hydrogen-bond acceptors (Lipinski definition) is 2. The minimum Gasteiger partial charge on any atom is -0.304 e. The number of ketones is 1. The van der Waals surface area contributed by atoms with Crippen molar-refractivity contribution in [1.29, 1.82) is 0 Å². The van der Waals surface area contributed by atoms with Crippen molar-refractivity contribution in [2.45, 2.75) is 27.7 Å². The molecular weight excluding hydrogens is 214 g/mol. The summed E-state index contributed by atoms with van der Waals surface area (Å²) >= 11 is 0. The van der Waals surface area contributed by atoms with Crippen molar-refractivity contribution in [3.8, 4) is 0 Å². The van der Waals surface area contributed by atoms with Crippen LogP contribution in [0.3, 0.4) is 0 Å². The van der Waals surface area contributed by atoms with Crippen molar-refractivity contribution < 1.29 is 9.59 Å². The molecule has 0 N–H and O–H groups in total. The van der Waals surface area contributed by atoms with E-state index in [1.165, 1.54) is 0 Å². The zero-order chi connectivity index (χ0) is 12.7. The molecule has 0 spiro atoms. The van der Waals surface area contributed by atoms with Gasteiger partial charge < -0.3 is 4.90 Å². The number of anilines is 1. The van der Waals surface area contributed by atoms with Crippen LogP contribution in [0.1, 0.15) is 35.3 Å². The van der Waals surface area contributed by atoms with Gasteiger partial charge in [-0.2, -0.15) is 0 Å². The number of hydrogen-bond donors (Lipinski definition) is 0. The van der Waals surface area contributed by atoms with Crippen LogP contribution >= 0.6 is 0 Å². The van der Waals surface area contributed by atoms with E-state index in [1.807, 2.05) is 39.8 Å². The molecule has 0 atom stereocenters. The molecule has 1 heterocycles. The van der Waals surface area contributed by atoms with Gasteiger partial charge >= 0.3 is 0 Å². The van der Waals surface area contributed by atoms with E-state index in [-0.39, 0.29) is 11.7 Å². The van der Waals surface area contributed by atoms with Crippen LogP contribution in [0.2, 0.25) is 0 Å². The van der Waals surface area contributed by atoms with Crippen LogP contribution in [-0.4, -0.2) is 18.2 Å². The van der Waals surface area contributed by atoms with E-state index in [1.54, 1.807) is 4.90 Å². The number of carbonyl (C=O) groups is 2. The Bertz CT molecular complexity index is 503. The predicted molar refractivity (Wildman–Crippen MR) is 67.4 cm³/mol. The Morgan fingerprint density at radius 2 is 1.82 bits per heavy atom. The summed E-state index contributed by atoms with van der Waals surface area (Å²) in [5.41, 5.74) is 3.34. The number of benzene rings is 1. The molecule has 1 aliphatic rings. The zero-order valence-corrected chi connectivity index (χ0v) is 10.7. The maximum absolute atomic E-state index is 11.9. The van der Waals surface area contributed by atoms with Crippen LogP contribution in [0.4, 0.5) is 5.69 Å². The van der Waals surface area contributed by atoms with Gasteiger partial charge in [0.15, 0.2) is 0 Å². The topological polar surface area (TPSA) is 37.4 Å². The first kappa shape index (κ1) is 11.8. The Balaban J connectivity index is 2.56. The third kappa shape index (κ3) is 1.86. The highest BCUT2D eigenvalue weighted by molar-refractivity contribution is 6.52. The monoisotopic (exact) mass is 231 g/mol. The van der Waals surface area contributed by atoms with Crippen molar-refractivity contribution in [2.75, 3.05) is 11.4 Å². The molecule has 2 rings (SSSR count). The number of amides is 1. The highest BCUT2D eigenvalue weighted by Crippen LogP contribution is 2.33. The second kappa shape index (κ2) is 3.99. The third-order valence-electron chi connectivity index (χ3n) is 2.96. The van der Waals surface area contributed by atoms with E-state index in [4.69, 9.17) is 0 Å². The van der Waals surface area contributed by atoms with Gasteiger partial charge in [-0.1, -0.05) is 19.9 Å². The van der Waals surface area contributed by atoms with Gasteiger partial charge in [0.25, 0.3) is 11.7 Å². The molecule has 17 heavy (non-hydrogen) atoms. The fraction of sp³-hybridized carbons (Fsp3) is 0.429. The van der Waals surface area contributed by atoms with E-state index >= 15 is 0 Å². The molecule has 0 saturated carbocycles. The van der Waals surface area contributed by atoms with Crippen LogP contribution in [0.25, 0.3) is 0 Å². The van der Waals surface area contributed by atoms with Crippen molar-refractivity contribution in [3.63, 3.8) is 0 Å². The highest BCUT2D eigenvalue weighted by atomic mass is 16.2. The minimum atomic E-state index is -0.387. The van der Waals surface area contributed by atoms with Gasteiger partial charge in [-0.3, -0.25) is 9.59 Å². The first-order chi connectivity index (χ1) is 7.91. The number of rotatable bonds is 2. The van der Waals surface area contributed by atoms with E-state index < -0.39 is 0 Å². The largest absolute Gasteiger partial charge is 0.304 e. The number of carbonyl (C=O) groups excluding carboxylic acids is 2. The molecule has 0 radical (unpaired) electrons. The Morgan fingerprint density at radius 1 is 1.18 bits per heavy atom. The van der Waals surface area contributed by atoms with Gasteiger partial charge in [0.2, 0.25) is 0 Å². The second-order valence-corrected chi connectivity index (χ2v) is 5.11. The summed E-state index contributed by atoms with van der Waals surface area (Å²) in [6.45, 7) is 8.54. The summed E-state index contributed by atoms with van der Waals surface area (Å²) in [5, 5.41) is 0. The van der Waals surface area contributed by atoms with E-state index in [0.29, 0.717) is 18.0 Å². The Kier molecular flexibility index (Phi) is 2.77. The number of aryl methyl sites for hydroxylation is 2. The zero-order valence-electron chi connectivity index (χ0n) is 10.7. The fourth-order valence-electron chi connectivity index (χ4n) is 2.34. The lowest BCUT2D eigenvalue weighted by Gasteiger charge is -2.19. The molecule has 1 aromatic carbocycles. The fourth-order valence-corrected chi connectivity index (χ4v) is 2.34. The van der Waals surface area contributed by atoms with E-state index in [2.05, 4.69) is 0 Å². The molecule has 1 aliphatic heterocycles. The third-order valence-corrected chi connectivity index (χ3v) is 2.96. The predicted octanol–water partition coefficient (Wildman–Crippen LogP) is 2.49. The van der Waals surface area contributed by atoms with Crippen LogP contribution in [0.5, 0.6) is 0 Å². The minimum absolute atomic E-state index is 0.346. The van der Waals surface area contributed by atoms with Crippen LogP contribution in [-0.2, 0) is 4.79 Å². The van der Waals surface area contributed by atoms with Crippen molar-refractivity contribution in [1.82, 2.24) is 0 Å². The Morgan fingerprint density at radius 3 is 2.41 bits per heavy atom. The van der Waals surface area contributed by atoms with Crippen molar-refractivity contribution in [2.24, 2.45) is 5.92 Å². The second-order valence-electron chi connectivity index (χ2n) is 5.11. The maximum Gasteiger partial charge on any atom is 0.299 e. The Hall–Kier alpha value is -1.64. The van der Waals surface area contributed by atoms with Gasteiger partial charge in [0.1, 0.15) is 0 Å². The average molecular weight is 231 g/mol. The SMILES string of the molecule is Cc1cc(C)c2c(c1)N(CC(C)C)C(=O)C2=O. The molecule has 1 aromatic rings. The molecule has 0 fully saturated rings. The molecule has 0 aromatic heterocycles. The summed E-state index contributed by atoms with van der Waals surface area (Å²) in [4.78, 5) is 25.5. The molecule has 90 valence electrons. The summed E-state index contributed by atoms with van der Waals surface area (Å²) in [6, 6.07) is 3.87. The Labute approximate surface area is 101 Å². The van der Waals surface area contributed by atoms with Crippen LogP contribution in [0.15, 0.2) is 12.1 Å². The molecule has 0 saturated heterocycles. The summed E-state index contributed by atoms with van der Waals surface area (Å²) < 4.78 is 0. The van der Waals surface area contributed by atoms with E-state index in [0.717, 1.165) is 16.8 Å². The quantitative estimate of drug-likeness (QED) is 0.733. The molecule has 0 aliphatic carbocycles. The summed E-state index contributed by atoms with van der Waals surface area (Å²) in [5.74, 6) is -0.404. The van der Waals surface area contributed by atoms with Crippen LogP contribution in [0, 0.1) is 19.8 Å². The normalized spacial score (nSPS) is 14.8. The maximum atomic E-state index is 11.9. The van der Waals surface area contributed by atoms with Gasteiger partial charge in [0, 0.05) is 6.54 Å². The molecule has 3 nitrogen and oxygen atoms in total. The molecule has 0 unspecified atom stereocenters. The summed E-state index contributed by atoms with van der Waals surface area (Å²) in [6.07, 6.45) is 0. The van der Waals surface area contributed by atoms with Crippen molar-refractivity contribution >= 4 is 17.4 Å². The molecule has 0 bridgehead atoms. The number of nitrogens with zero attached hydrogens (tertiary/aromatic N) is 1. The molecule has 3 heteroatoms. The standard InChI is InChI=1S/C14H17NO2/c1-8(2)7-15-11-6-9(3)5-10(4)12(11)13(16)14(15)17/h5-6,8H,7H2,1-4H3. The van der Waals surface area contributed by atoms with Crippen LogP contribution < -0.4 is 4.90 Å². The number of fused-ring (bicyclic) bond motifs is 1. The average Bonchev–Trinajstić information content (AvgIpc) is 2.42. The van der Waals surface area contributed by atoms with Gasteiger partial charge in [-0.25, -0.2) is 0 Å². The number of Topliss-reactive ketones (excluding diaryl/α,β-unsaturated/α-hetero) is 1. The van der Waals surface area contributed by atoms with Gasteiger partial charge in [-0.05, 0) is 37.0 Å². The molecular formula is C14H17NO2. The first-order valence-corrected chi connectivity index (χ1v) is 5.89.